The van der Waals surface area contributed by atoms with Gasteiger partial charge in [0.15, 0.2) is 0 Å². The molecular formula is C13H25O2P. The summed E-state index contributed by atoms with van der Waals surface area (Å²) in [7, 11) is -2.32. The van der Waals surface area contributed by atoms with Crippen molar-refractivity contribution in [3.8, 4) is 0 Å². The minimum Gasteiger partial charge on any atom is -0.328 e. The van der Waals surface area contributed by atoms with Crippen LogP contribution < -0.4 is 0 Å². The van der Waals surface area contributed by atoms with Gasteiger partial charge in [-0.2, -0.15) is 0 Å². The van der Waals surface area contributed by atoms with Crippen LogP contribution in [0.4, 0.5) is 0 Å². The summed E-state index contributed by atoms with van der Waals surface area (Å²) in [4.78, 5) is 0. The molecule has 0 aromatic rings. The van der Waals surface area contributed by atoms with Gasteiger partial charge in [0.1, 0.15) is 0 Å². The summed E-state index contributed by atoms with van der Waals surface area (Å²) in [6.45, 7) is 7.13. The van der Waals surface area contributed by atoms with Gasteiger partial charge < -0.3 is 4.52 Å². The third-order valence-electron chi connectivity index (χ3n) is 3.30. The fourth-order valence-corrected chi connectivity index (χ4v) is 4.33. The second kappa shape index (κ2) is 6.61. The summed E-state index contributed by atoms with van der Waals surface area (Å²) < 4.78 is 18.0. The number of allylic oxidation sites excluding steroid dienone is 2. The summed E-state index contributed by atoms with van der Waals surface area (Å²) in [5.41, 5.74) is 1.23. The van der Waals surface area contributed by atoms with E-state index in [-0.39, 0.29) is 0 Å². The molecular weight excluding hydrogens is 219 g/mol. The van der Waals surface area contributed by atoms with Crippen LogP contribution in [-0.4, -0.2) is 18.9 Å². The number of unbranched alkanes of at least 4 members (excludes halogenated alkanes) is 1. The predicted molar refractivity (Wildman–Crippen MR) is 70.4 cm³/mol. The normalized spacial score (nSPS) is 26.8. The van der Waals surface area contributed by atoms with Crippen LogP contribution >= 0.6 is 7.37 Å². The zero-order chi connectivity index (χ0) is 12.0. The largest absolute Gasteiger partial charge is 0.328 e. The van der Waals surface area contributed by atoms with Gasteiger partial charge in [-0.15, -0.1) is 0 Å². The van der Waals surface area contributed by atoms with Crippen molar-refractivity contribution in [2.24, 2.45) is 5.92 Å². The lowest BCUT2D eigenvalue weighted by Gasteiger charge is -2.18. The van der Waals surface area contributed by atoms with Crippen LogP contribution in [0.5, 0.6) is 0 Å². The molecule has 0 aromatic heterocycles. The maximum Gasteiger partial charge on any atom is 0.210 e. The first kappa shape index (κ1) is 14.0. The SMILES string of the molecule is CCCCC(CC)COP1(=O)CC=C(C)C1. The van der Waals surface area contributed by atoms with Crippen LogP contribution in [0.1, 0.15) is 46.5 Å². The first-order chi connectivity index (χ1) is 7.59. The van der Waals surface area contributed by atoms with E-state index in [0.717, 1.165) is 6.42 Å². The average Bonchev–Trinajstić information content (AvgIpc) is 2.60. The summed E-state index contributed by atoms with van der Waals surface area (Å²) >= 11 is 0. The van der Waals surface area contributed by atoms with Crippen LogP contribution in [0.25, 0.3) is 0 Å². The molecule has 1 aliphatic heterocycles. The molecule has 2 unspecified atom stereocenters. The van der Waals surface area contributed by atoms with Gasteiger partial charge in [0.25, 0.3) is 0 Å². The molecule has 3 heteroatoms. The summed E-state index contributed by atoms with van der Waals surface area (Å²) in [5.74, 6) is 0.590. The molecule has 0 amide bonds. The van der Waals surface area contributed by atoms with Gasteiger partial charge in [-0.05, 0) is 19.3 Å². The lowest BCUT2D eigenvalue weighted by molar-refractivity contribution is 0.236. The van der Waals surface area contributed by atoms with Crippen molar-refractivity contribution in [1.29, 1.82) is 0 Å². The first-order valence-corrected chi connectivity index (χ1v) is 8.47. The van der Waals surface area contributed by atoms with E-state index in [4.69, 9.17) is 4.52 Å². The van der Waals surface area contributed by atoms with Gasteiger partial charge in [-0.3, -0.25) is 4.57 Å². The van der Waals surface area contributed by atoms with Gasteiger partial charge in [0.05, 0.1) is 6.61 Å². The molecule has 2 atom stereocenters. The standard InChI is InChI=1S/C13H25O2P/c1-4-6-7-13(5-2)10-15-16(14)9-8-12(3)11-16/h8,13H,4-7,9-11H2,1-3H3. The molecule has 0 aromatic carbocycles. The van der Waals surface area contributed by atoms with E-state index in [9.17, 15) is 4.57 Å². The fraction of sp³-hybridized carbons (Fsp3) is 0.846. The molecule has 0 bridgehead atoms. The number of hydrogen-bond donors (Lipinski definition) is 0. The molecule has 0 aliphatic carbocycles. The molecule has 0 fully saturated rings. The van der Waals surface area contributed by atoms with Crippen LogP contribution in [0.15, 0.2) is 11.6 Å². The highest BCUT2D eigenvalue weighted by Gasteiger charge is 2.28. The monoisotopic (exact) mass is 244 g/mol. The lowest BCUT2D eigenvalue weighted by Crippen LogP contribution is -2.08. The van der Waals surface area contributed by atoms with Gasteiger partial charge >= 0.3 is 0 Å². The van der Waals surface area contributed by atoms with Gasteiger partial charge in [0, 0.05) is 12.3 Å². The van der Waals surface area contributed by atoms with E-state index in [1.165, 1.54) is 24.8 Å². The molecule has 2 nitrogen and oxygen atoms in total. The van der Waals surface area contributed by atoms with Gasteiger partial charge in [-0.25, -0.2) is 0 Å². The van der Waals surface area contributed by atoms with Crippen LogP contribution in [0.3, 0.4) is 0 Å². The Labute approximate surface area is 99.9 Å². The summed E-state index contributed by atoms with van der Waals surface area (Å²) in [5, 5.41) is 0. The second-order valence-electron chi connectivity index (χ2n) is 4.92. The highest BCUT2D eigenvalue weighted by atomic mass is 31.2. The molecule has 1 heterocycles. The maximum absolute atomic E-state index is 12.2. The van der Waals surface area contributed by atoms with E-state index >= 15 is 0 Å². The number of hydrogen-bond acceptors (Lipinski definition) is 2. The summed E-state index contributed by atoms with van der Waals surface area (Å²) in [6, 6.07) is 0. The van der Waals surface area contributed by atoms with Crippen LogP contribution in [0.2, 0.25) is 0 Å². The van der Waals surface area contributed by atoms with Gasteiger partial charge in [-0.1, -0.05) is 44.8 Å². The zero-order valence-corrected chi connectivity index (χ0v) is 11.8. The lowest BCUT2D eigenvalue weighted by atomic mass is 10.0. The average molecular weight is 244 g/mol. The van der Waals surface area contributed by atoms with Crippen molar-refractivity contribution < 1.29 is 9.09 Å². The molecule has 0 radical (unpaired) electrons. The Bertz CT molecular complexity index is 284. The Morgan fingerprint density at radius 3 is 2.75 bits per heavy atom. The minimum absolute atomic E-state index is 0.590. The molecule has 0 saturated carbocycles. The fourth-order valence-electron chi connectivity index (χ4n) is 2.04. The Kier molecular flexibility index (Phi) is 5.78. The molecule has 1 aliphatic rings. The maximum atomic E-state index is 12.2. The van der Waals surface area contributed by atoms with E-state index in [2.05, 4.69) is 19.9 Å². The third kappa shape index (κ3) is 4.43. The Morgan fingerprint density at radius 2 is 2.25 bits per heavy atom. The zero-order valence-electron chi connectivity index (χ0n) is 10.9. The Hall–Kier alpha value is -0.0700. The van der Waals surface area contributed by atoms with E-state index in [1.807, 2.05) is 6.92 Å². The molecule has 1 rings (SSSR count). The van der Waals surface area contributed by atoms with Crippen molar-refractivity contribution >= 4 is 7.37 Å². The highest BCUT2D eigenvalue weighted by Crippen LogP contribution is 2.52. The minimum atomic E-state index is -2.32. The van der Waals surface area contributed by atoms with Crippen molar-refractivity contribution in [1.82, 2.24) is 0 Å². The van der Waals surface area contributed by atoms with Crippen LogP contribution in [0, 0.1) is 5.92 Å². The molecule has 16 heavy (non-hydrogen) atoms. The smallest absolute Gasteiger partial charge is 0.210 e. The molecule has 94 valence electrons. The first-order valence-electron chi connectivity index (χ1n) is 6.48. The van der Waals surface area contributed by atoms with E-state index in [0.29, 0.717) is 24.8 Å². The van der Waals surface area contributed by atoms with Crippen LogP contribution in [-0.2, 0) is 9.09 Å². The molecule has 0 saturated heterocycles. The van der Waals surface area contributed by atoms with E-state index < -0.39 is 7.37 Å². The van der Waals surface area contributed by atoms with Crippen molar-refractivity contribution in [3.63, 3.8) is 0 Å². The van der Waals surface area contributed by atoms with Crippen molar-refractivity contribution in [3.05, 3.63) is 11.6 Å². The Morgan fingerprint density at radius 1 is 1.50 bits per heavy atom. The van der Waals surface area contributed by atoms with Crippen molar-refractivity contribution in [2.45, 2.75) is 46.5 Å². The molecule has 0 N–H and O–H groups in total. The third-order valence-corrected chi connectivity index (χ3v) is 5.64. The number of rotatable bonds is 7. The quantitative estimate of drug-likeness (QED) is 0.488. The summed E-state index contributed by atoms with van der Waals surface area (Å²) in [6.07, 6.45) is 8.22. The predicted octanol–water partition coefficient (Wildman–Crippen LogP) is 4.46. The van der Waals surface area contributed by atoms with Gasteiger partial charge in [0.2, 0.25) is 7.37 Å². The topological polar surface area (TPSA) is 26.3 Å². The molecule has 0 spiro atoms. The van der Waals surface area contributed by atoms with Crippen molar-refractivity contribution in [2.75, 3.05) is 18.9 Å². The van der Waals surface area contributed by atoms with E-state index in [1.54, 1.807) is 0 Å². The highest BCUT2D eigenvalue weighted by molar-refractivity contribution is 7.59. The Balaban J connectivity index is 2.30. The second-order valence-corrected chi connectivity index (χ2v) is 7.49.